The minimum atomic E-state index is -0.372. The van der Waals surface area contributed by atoms with Crippen molar-refractivity contribution in [1.82, 2.24) is 14.8 Å². The number of para-hydroxylation sites is 1. The molecule has 0 aliphatic rings. The highest BCUT2D eigenvalue weighted by atomic mass is 35.5. The van der Waals surface area contributed by atoms with Gasteiger partial charge in [-0.05, 0) is 37.3 Å². The summed E-state index contributed by atoms with van der Waals surface area (Å²) in [7, 11) is 3.19. The zero-order chi connectivity index (χ0) is 22.0. The molecule has 2 aromatic heterocycles. The van der Waals surface area contributed by atoms with Gasteiger partial charge in [0, 0.05) is 10.9 Å². The van der Waals surface area contributed by atoms with Gasteiger partial charge in [-0.1, -0.05) is 29.8 Å². The van der Waals surface area contributed by atoms with Crippen molar-refractivity contribution in [1.29, 1.82) is 0 Å². The molecule has 9 heteroatoms. The number of nitrogens with one attached hydrogen (secondary N) is 1. The van der Waals surface area contributed by atoms with Crippen LogP contribution in [0.25, 0.3) is 16.9 Å². The van der Waals surface area contributed by atoms with Gasteiger partial charge in [0.1, 0.15) is 22.2 Å². The van der Waals surface area contributed by atoms with Crippen LogP contribution in [0.2, 0.25) is 5.15 Å². The molecular weight excluding hydrogens is 436 g/mol. The van der Waals surface area contributed by atoms with Gasteiger partial charge in [-0.15, -0.1) is 11.3 Å². The average Bonchev–Trinajstić information content (AvgIpc) is 3.37. The van der Waals surface area contributed by atoms with Crippen LogP contribution >= 0.6 is 22.9 Å². The molecule has 2 aromatic carbocycles. The number of hydrogen-bond donors (Lipinski definition) is 1. The highest BCUT2D eigenvalue weighted by Gasteiger charge is 2.22. The first-order valence-electron chi connectivity index (χ1n) is 9.31. The first-order valence-corrected chi connectivity index (χ1v) is 10.6. The molecule has 0 fully saturated rings. The third-order valence-electron chi connectivity index (χ3n) is 4.64. The standard InChI is InChI=1S/C22H19ClN4O3S/c1-13-19(20(23)27(26-13)14-7-5-4-6-8-14)21(28)25-22-24-17(12-31-22)16-11-15(29-2)9-10-18(16)30-3/h4-12H,1-3H3,(H,24,25,28). The van der Waals surface area contributed by atoms with Crippen LogP contribution in [0.1, 0.15) is 16.1 Å². The zero-order valence-electron chi connectivity index (χ0n) is 17.0. The predicted octanol–water partition coefficient (Wildman–Crippen LogP) is 5.23. The van der Waals surface area contributed by atoms with Gasteiger partial charge in [0.15, 0.2) is 5.13 Å². The summed E-state index contributed by atoms with van der Waals surface area (Å²) in [6.45, 7) is 1.74. The molecule has 7 nitrogen and oxygen atoms in total. The Bertz CT molecular complexity index is 1240. The molecule has 0 bridgehead atoms. The van der Waals surface area contributed by atoms with E-state index in [0.717, 1.165) is 11.3 Å². The number of thiazole rings is 1. The van der Waals surface area contributed by atoms with Gasteiger partial charge in [-0.25, -0.2) is 9.67 Å². The molecule has 0 saturated heterocycles. The maximum Gasteiger partial charge on any atom is 0.262 e. The number of amides is 1. The third kappa shape index (κ3) is 4.12. The summed E-state index contributed by atoms with van der Waals surface area (Å²) in [5, 5.41) is 9.76. The van der Waals surface area contributed by atoms with E-state index in [4.69, 9.17) is 21.1 Å². The number of nitrogens with zero attached hydrogens (tertiary/aromatic N) is 3. The largest absolute Gasteiger partial charge is 0.497 e. The van der Waals surface area contributed by atoms with E-state index in [9.17, 15) is 4.79 Å². The summed E-state index contributed by atoms with van der Waals surface area (Å²) in [4.78, 5) is 17.5. The van der Waals surface area contributed by atoms with E-state index in [1.54, 1.807) is 25.8 Å². The van der Waals surface area contributed by atoms with Gasteiger partial charge in [-0.2, -0.15) is 5.10 Å². The highest BCUT2D eigenvalue weighted by Crippen LogP contribution is 2.35. The van der Waals surface area contributed by atoms with Crippen molar-refractivity contribution in [3.63, 3.8) is 0 Å². The highest BCUT2D eigenvalue weighted by molar-refractivity contribution is 7.14. The van der Waals surface area contributed by atoms with Gasteiger partial charge in [0.2, 0.25) is 0 Å². The molecule has 158 valence electrons. The fraction of sp³-hybridized carbons (Fsp3) is 0.136. The molecule has 0 atom stereocenters. The number of anilines is 1. The topological polar surface area (TPSA) is 78.3 Å². The van der Waals surface area contributed by atoms with Gasteiger partial charge in [0.05, 0.1) is 31.3 Å². The number of carbonyl (C=O) groups is 1. The molecule has 0 radical (unpaired) electrons. The number of rotatable bonds is 6. The summed E-state index contributed by atoms with van der Waals surface area (Å²) < 4.78 is 12.3. The van der Waals surface area contributed by atoms with Crippen LogP contribution in [0.3, 0.4) is 0 Å². The SMILES string of the molecule is COc1ccc(OC)c(-c2csc(NC(=O)c3c(C)nn(-c4ccccc4)c3Cl)n2)c1. The van der Waals surface area contributed by atoms with Crippen LogP contribution in [0.5, 0.6) is 11.5 Å². The van der Waals surface area contributed by atoms with E-state index in [1.807, 2.05) is 53.9 Å². The molecule has 0 unspecified atom stereocenters. The normalized spacial score (nSPS) is 10.7. The summed E-state index contributed by atoms with van der Waals surface area (Å²) in [5.74, 6) is 0.973. The van der Waals surface area contributed by atoms with E-state index in [2.05, 4.69) is 15.4 Å². The van der Waals surface area contributed by atoms with Crippen LogP contribution in [0.4, 0.5) is 5.13 Å². The van der Waals surface area contributed by atoms with Crippen molar-refractivity contribution in [2.45, 2.75) is 6.92 Å². The van der Waals surface area contributed by atoms with Crippen LogP contribution in [-0.4, -0.2) is 34.9 Å². The summed E-state index contributed by atoms with van der Waals surface area (Å²) in [6, 6.07) is 14.9. The number of carbonyl (C=O) groups excluding carboxylic acids is 1. The molecule has 2 heterocycles. The second kappa shape index (κ2) is 8.79. The summed E-state index contributed by atoms with van der Waals surface area (Å²) in [5.41, 5.74) is 3.04. The molecule has 1 N–H and O–H groups in total. The van der Waals surface area contributed by atoms with Crippen LogP contribution in [0, 0.1) is 6.92 Å². The number of methoxy groups -OCH3 is 2. The molecule has 4 aromatic rings. The Morgan fingerprint density at radius 3 is 2.61 bits per heavy atom. The first-order chi connectivity index (χ1) is 15.0. The number of halogens is 1. The molecular formula is C22H19ClN4O3S. The third-order valence-corrected chi connectivity index (χ3v) is 5.75. The van der Waals surface area contributed by atoms with Gasteiger partial charge in [-0.3, -0.25) is 10.1 Å². The van der Waals surface area contributed by atoms with Crippen molar-refractivity contribution < 1.29 is 14.3 Å². The second-order valence-electron chi connectivity index (χ2n) is 6.56. The molecule has 0 aliphatic carbocycles. The molecule has 31 heavy (non-hydrogen) atoms. The van der Waals surface area contributed by atoms with Gasteiger partial charge in [0.25, 0.3) is 5.91 Å². The number of aromatic nitrogens is 3. The molecule has 0 spiro atoms. The number of benzene rings is 2. The summed E-state index contributed by atoms with van der Waals surface area (Å²) in [6.07, 6.45) is 0. The van der Waals surface area contributed by atoms with Crippen LogP contribution < -0.4 is 14.8 Å². The Kier molecular flexibility index (Phi) is 5.92. The van der Waals surface area contributed by atoms with Crippen molar-refractivity contribution in [3.05, 3.63) is 70.3 Å². The van der Waals surface area contributed by atoms with Crippen LogP contribution in [-0.2, 0) is 0 Å². The lowest BCUT2D eigenvalue weighted by atomic mass is 10.1. The monoisotopic (exact) mass is 454 g/mol. The molecule has 4 rings (SSSR count). The Labute approximate surface area is 188 Å². The number of aryl methyl sites for hydroxylation is 1. The minimum absolute atomic E-state index is 0.243. The molecule has 0 saturated carbocycles. The quantitative estimate of drug-likeness (QED) is 0.431. The summed E-state index contributed by atoms with van der Waals surface area (Å²) >= 11 is 7.80. The second-order valence-corrected chi connectivity index (χ2v) is 7.77. The smallest absolute Gasteiger partial charge is 0.262 e. The molecule has 0 aliphatic heterocycles. The fourth-order valence-electron chi connectivity index (χ4n) is 3.13. The van der Waals surface area contributed by atoms with E-state index in [0.29, 0.717) is 33.6 Å². The first kappa shape index (κ1) is 20.9. The lowest BCUT2D eigenvalue weighted by molar-refractivity contribution is 0.102. The maximum atomic E-state index is 12.9. The Morgan fingerprint density at radius 1 is 1.13 bits per heavy atom. The van der Waals surface area contributed by atoms with Crippen molar-refractivity contribution >= 4 is 34.0 Å². The Balaban J connectivity index is 1.60. The van der Waals surface area contributed by atoms with Gasteiger partial charge >= 0.3 is 0 Å². The molecule has 1 amide bonds. The lowest BCUT2D eigenvalue weighted by Gasteiger charge is -2.08. The zero-order valence-corrected chi connectivity index (χ0v) is 18.6. The Morgan fingerprint density at radius 2 is 1.90 bits per heavy atom. The number of hydrogen-bond acceptors (Lipinski definition) is 6. The predicted molar refractivity (Wildman–Crippen MR) is 122 cm³/mol. The van der Waals surface area contributed by atoms with E-state index in [1.165, 1.54) is 11.3 Å². The van der Waals surface area contributed by atoms with E-state index >= 15 is 0 Å². The average molecular weight is 455 g/mol. The van der Waals surface area contributed by atoms with Gasteiger partial charge < -0.3 is 9.47 Å². The van der Waals surface area contributed by atoms with Crippen LogP contribution in [0.15, 0.2) is 53.9 Å². The lowest BCUT2D eigenvalue weighted by Crippen LogP contribution is -2.13. The Hall–Kier alpha value is -3.36. The number of ether oxygens (including phenoxy) is 2. The van der Waals surface area contributed by atoms with E-state index < -0.39 is 0 Å². The maximum absolute atomic E-state index is 12.9. The van der Waals surface area contributed by atoms with E-state index in [-0.39, 0.29) is 11.1 Å². The van der Waals surface area contributed by atoms with Crippen molar-refractivity contribution in [3.8, 4) is 28.4 Å². The van der Waals surface area contributed by atoms with Crippen molar-refractivity contribution in [2.24, 2.45) is 0 Å². The van der Waals surface area contributed by atoms with Crippen molar-refractivity contribution in [2.75, 3.05) is 19.5 Å². The minimum Gasteiger partial charge on any atom is -0.497 e. The fourth-order valence-corrected chi connectivity index (χ4v) is 4.19.